The van der Waals surface area contributed by atoms with Gasteiger partial charge in [-0.15, -0.1) is 0 Å². The van der Waals surface area contributed by atoms with Crippen LogP contribution in [0.25, 0.3) is 0 Å². The lowest BCUT2D eigenvalue weighted by molar-refractivity contribution is 0.0696. The highest BCUT2D eigenvalue weighted by molar-refractivity contribution is 14.1. The third-order valence-corrected chi connectivity index (χ3v) is 13.2. The predicted octanol–water partition coefficient (Wildman–Crippen LogP) is 9.43. The van der Waals surface area contributed by atoms with E-state index in [2.05, 4.69) is 106 Å². The Labute approximate surface area is 248 Å². The fourth-order valence-corrected chi connectivity index (χ4v) is 8.86. The molecule has 2 fully saturated rings. The molecular formula is C27H34Br2I2O3. The second-order valence-electron chi connectivity index (χ2n) is 10.7. The number of aromatic hydroxyl groups is 1. The van der Waals surface area contributed by atoms with Crippen LogP contribution in [0.2, 0.25) is 0 Å². The van der Waals surface area contributed by atoms with Crippen LogP contribution in [-0.4, -0.2) is 25.8 Å². The van der Waals surface area contributed by atoms with Crippen molar-refractivity contribution in [2.45, 2.75) is 75.4 Å². The fraction of sp³-hybridized carbons (Fsp3) is 0.593. The summed E-state index contributed by atoms with van der Waals surface area (Å²) >= 11 is 12.8. The number of halogens is 4. The summed E-state index contributed by atoms with van der Waals surface area (Å²) in [4.78, 5) is 12.5. The van der Waals surface area contributed by atoms with Crippen molar-refractivity contribution >= 4 is 83.0 Å². The molecule has 3 nitrogen and oxygen atoms in total. The van der Waals surface area contributed by atoms with Crippen LogP contribution < -0.4 is 0 Å². The molecule has 0 aliphatic heterocycles. The zero-order valence-corrected chi connectivity index (χ0v) is 27.4. The van der Waals surface area contributed by atoms with Crippen molar-refractivity contribution in [3.8, 4) is 5.75 Å². The van der Waals surface area contributed by atoms with E-state index in [1.165, 1.54) is 24.1 Å². The molecule has 0 saturated heterocycles. The van der Waals surface area contributed by atoms with Crippen molar-refractivity contribution in [1.82, 2.24) is 0 Å². The molecule has 0 radical (unpaired) electrons. The van der Waals surface area contributed by atoms with Gasteiger partial charge in [0.15, 0.2) is 0 Å². The van der Waals surface area contributed by atoms with Crippen molar-refractivity contribution in [2.75, 3.05) is 0 Å². The largest absolute Gasteiger partial charge is 0.508 e. The highest BCUT2D eigenvalue weighted by Gasteiger charge is 2.47. The molecule has 7 heteroatoms. The molecule has 1 aromatic carbocycles. The maximum atomic E-state index is 11.6. The van der Waals surface area contributed by atoms with Crippen LogP contribution in [0, 0.1) is 22.7 Å². The average molecular weight is 820 g/mol. The number of phenols is 1. The number of hydrogen-bond acceptors (Lipinski definition) is 2. The molecule has 2 aliphatic carbocycles. The van der Waals surface area contributed by atoms with Gasteiger partial charge in [0.2, 0.25) is 0 Å². The lowest BCUT2D eigenvalue weighted by Gasteiger charge is -2.50. The van der Waals surface area contributed by atoms with E-state index in [-0.39, 0.29) is 28.1 Å². The number of aromatic carboxylic acids is 1. The number of carboxylic acid groups (broad SMARTS) is 1. The van der Waals surface area contributed by atoms with Crippen LogP contribution in [0.4, 0.5) is 0 Å². The molecule has 0 heterocycles. The van der Waals surface area contributed by atoms with E-state index in [1.807, 2.05) is 0 Å². The Kier molecular flexibility index (Phi) is 10.1. The van der Waals surface area contributed by atoms with Gasteiger partial charge in [0.1, 0.15) is 5.75 Å². The molecule has 3 rings (SSSR count). The van der Waals surface area contributed by atoms with Gasteiger partial charge in [0, 0.05) is 9.65 Å². The highest BCUT2D eigenvalue weighted by atomic mass is 127. The van der Waals surface area contributed by atoms with Gasteiger partial charge in [0.25, 0.3) is 0 Å². The number of rotatable bonds is 6. The minimum absolute atomic E-state index is 0.00730. The maximum absolute atomic E-state index is 11.6. The Bertz CT molecular complexity index is 975. The topological polar surface area (TPSA) is 57.5 Å². The Balaban J connectivity index is 1.94. The second kappa shape index (κ2) is 11.8. The SMILES string of the molecule is CC1(C)[C@H](CC[C@@]2(C)[C@H](Cc3cc(C(=O)O)ccc3O)/C(=C\I)CC[C@@H]2Br)/C(=C\I)CC[C@@H]1Br. The monoisotopic (exact) mass is 818 g/mol. The first kappa shape index (κ1) is 29.0. The van der Waals surface area contributed by atoms with Crippen molar-refractivity contribution in [3.63, 3.8) is 0 Å². The van der Waals surface area contributed by atoms with Gasteiger partial charge in [-0.05, 0) is 99.5 Å². The van der Waals surface area contributed by atoms with Crippen LogP contribution in [-0.2, 0) is 6.42 Å². The van der Waals surface area contributed by atoms with Gasteiger partial charge in [-0.1, -0.05) is 109 Å². The van der Waals surface area contributed by atoms with E-state index < -0.39 is 5.97 Å². The van der Waals surface area contributed by atoms with E-state index in [9.17, 15) is 15.0 Å². The molecule has 188 valence electrons. The first-order valence-electron chi connectivity index (χ1n) is 11.9. The molecule has 0 bridgehead atoms. The summed E-state index contributed by atoms with van der Waals surface area (Å²) in [5.74, 6) is -0.0199. The smallest absolute Gasteiger partial charge is 0.335 e. The summed E-state index contributed by atoms with van der Waals surface area (Å²) in [7, 11) is 0. The minimum Gasteiger partial charge on any atom is -0.508 e. The van der Waals surface area contributed by atoms with Crippen molar-refractivity contribution in [1.29, 1.82) is 0 Å². The average Bonchev–Trinajstić information content (AvgIpc) is 2.79. The Morgan fingerprint density at radius 1 is 1.06 bits per heavy atom. The summed E-state index contributed by atoms with van der Waals surface area (Å²) in [5, 5.41) is 20.1. The maximum Gasteiger partial charge on any atom is 0.335 e. The molecule has 2 aliphatic rings. The van der Waals surface area contributed by atoms with Crippen LogP contribution in [0.5, 0.6) is 5.75 Å². The molecule has 1 aromatic rings. The number of carboxylic acids is 1. The lowest BCUT2D eigenvalue weighted by atomic mass is 9.58. The summed E-state index contributed by atoms with van der Waals surface area (Å²) in [6.07, 6.45) is 7.28. The standard InChI is InChI=1S/C27H34Br2I2O3/c1-26(2)20(17(14-30)5-8-23(26)28)10-11-27(3)21(18(15-31)6-9-24(27)29)13-19-12-16(25(33)34)4-7-22(19)32/h4,7,12,14-15,20-21,23-24,32H,5-6,8-11,13H2,1-3H3,(H,33,34)/b17-14-,18-15-/t20-,21-,23+,24+,27+/m1/s1. The van der Waals surface area contributed by atoms with E-state index in [4.69, 9.17) is 0 Å². The summed E-state index contributed by atoms with van der Waals surface area (Å²) in [5.41, 5.74) is 4.11. The van der Waals surface area contributed by atoms with Crippen molar-refractivity contribution in [2.24, 2.45) is 22.7 Å². The predicted molar refractivity (Wildman–Crippen MR) is 165 cm³/mol. The van der Waals surface area contributed by atoms with E-state index in [0.717, 1.165) is 37.7 Å². The van der Waals surface area contributed by atoms with E-state index >= 15 is 0 Å². The zero-order valence-electron chi connectivity index (χ0n) is 20.0. The molecule has 2 saturated carbocycles. The minimum atomic E-state index is -0.961. The molecule has 0 amide bonds. The zero-order chi connectivity index (χ0) is 25.3. The molecule has 5 atom stereocenters. The first-order valence-corrected chi connectivity index (χ1v) is 16.2. The first-order chi connectivity index (χ1) is 15.9. The second-order valence-corrected chi connectivity index (χ2v) is 14.2. The molecule has 34 heavy (non-hydrogen) atoms. The van der Waals surface area contributed by atoms with Gasteiger partial charge in [-0.25, -0.2) is 4.79 Å². The third kappa shape index (κ3) is 5.93. The van der Waals surface area contributed by atoms with Crippen LogP contribution in [0.3, 0.4) is 0 Å². The van der Waals surface area contributed by atoms with Crippen LogP contribution in [0.15, 0.2) is 37.5 Å². The lowest BCUT2D eigenvalue weighted by Crippen LogP contribution is -2.44. The number of phenolic OH excluding ortho intramolecular Hbond substituents is 1. The fourth-order valence-electron chi connectivity index (χ4n) is 6.05. The van der Waals surface area contributed by atoms with Gasteiger partial charge in [-0.2, -0.15) is 0 Å². The highest BCUT2D eigenvalue weighted by Crippen LogP contribution is 2.56. The number of hydrogen-bond donors (Lipinski definition) is 2. The van der Waals surface area contributed by atoms with Gasteiger partial charge < -0.3 is 10.2 Å². The Hall–Kier alpha value is 0.390. The summed E-state index contributed by atoms with van der Waals surface area (Å²) < 4.78 is 4.52. The number of allylic oxidation sites excluding steroid dienone is 2. The molecule has 0 aromatic heterocycles. The third-order valence-electron chi connectivity index (χ3n) is 8.49. The molecule has 2 N–H and O–H groups in total. The quantitative estimate of drug-likeness (QED) is 0.222. The van der Waals surface area contributed by atoms with Crippen molar-refractivity contribution < 1.29 is 15.0 Å². The Morgan fingerprint density at radius 3 is 2.24 bits per heavy atom. The van der Waals surface area contributed by atoms with Crippen LogP contribution in [0.1, 0.15) is 75.2 Å². The van der Waals surface area contributed by atoms with Gasteiger partial charge >= 0.3 is 5.97 Å². The number of carbonyl (C=O) groups is 1. The van der Waals surface area contributed by atoms with Crippen molar-refractivity contribution in [3.05, 3.63) is 48.6 Å². The van der Waals surface area contributed by atoms with Crippen LogP contribution >= 0.6 is 77.0 Å². The van der Waals surface area contributed by atoms with E-state index in [1.54, 1.807) is 11.6 Å². The van der Waals surface area contributed by atoms with Gasteiger partial charge in [-0.3, -0.25) is 0 Å². The van der Waals surface area contributed by atoms with E-state index in [0.29, 0.717) is 22.0 Å². The summed E-state index contributed by atoms with van der Waals surface area (Å²) in [6.45, 7) is 7.19. The molecule has 0 spiro atoms. The molecular weight excluding hydrogens is 786 g/mol. The van der Waals surface area contributed by atoms with Gasteiger partial charge in [0.05, 0.1) is 5.56 Å². The normalized spacial score (nSPS) is 33.9. The Morgan fingerprint density at radius 2 is 1.65 bits per heavy atom. The number of benzene rings is 1. The molecule has 0 unspecified atom stereocenters. The number of alkyl halides is 2. The summed E-state index contributed by atoms with van der Waals surface area (Å²) in [6, 6.07) is 4.65.